The highest BCUT2D eigenvalue weighted by molar-refractivity contribution is 4.47. The maximum absolute atomic E-state index is 8.11. The lowest BCUT2D eigenvalue weighted by molar-refractivity contribution is 0.110. The summed E-state index contributed by atoms with van der Waals surface area (Å²) < 4.78 is 4.84. The van der Waals surface area contributed by atoms with Gasteiger partial charge in [-0.1, -0.05) is 19.9 Å². The number of hydrogen-bond donors (Lipinski definition) is 2. The molecule has 0 spiro atoms. The minimum absolute atomic E-state index is 0.139. The van der Waals surface area contributed by atoms with Crippen LogP contribution in [0.2, 0.25) is 0 Å². The summed E-state index contributed by atoms with van der Waals surface area (Å²) in [6.45, 7) is 7.75. The summed E-state index contributed by atoms with van der Waals surface area (Å²) in [6.07, 6.45) is 3.24. The third-order valence-electron chi connectivity index (χ3n) is 0.998. The zero-order valence-electron chi connectivity index (χ0n) is 7.99. The fraction of sp³-hybridized carbons (Fsp3) is 0.778. The molecule has 0 saturated heterocycles. The Morgan fingerprint density at radius 2 is 2.08 bits per heavy atom. The highest BCUT2D eigenvalue weighted by atomic mass is 16.5. The molecule has 0 aromatic heterocycles. The van der Waals surface area contributed by atoms with Crippen molar-refractivity contribution in [3.05, 3.63) is 12.8 Å². The van der Waals surface area contributed by atoms with E-state index in [1.165, 1.54) is 19.6 Å². The van der Waals surface area contributed by atoms with E-state index in [0.717, 1.165) is 13.0 Å². The Balaban J connectivity index is 0. The van der Waals surface area contributed by atoms with Crippen LogP contribution in [0.5, 0.6) is 0 Å². The van der Waals surface area contributed by atoms with Gasteiger partial charge in [-0.2, -0.15) is 0 Å². The van der Waals surface area contributed by atoms with Crippen molar-refractivity contribution in [1.29, 1.82) is 0 Å². The van der Waals surface area contributed by atoms with Gasteiger partial charge in [0, 0.05) is 0 Å². The first-order valence-corrected chi connectivity index (χ1v) is 4.20. The van der Waals surface area contributed by atoms with Crippen LogP contribution in [0.4, 0.5) is 0 Å². The van der Waals surface area contributed by atoms with Gasteiger partial charge < -0.3 is 14.9 Å². The molecule has 0 rings (SSSR count). The van der Waals surface area contributed by atoms with Crippen molar-refractivity contribution in [1.82, 2.24) is 0 Å². The third-order valence-corrected chi connectivity index (χ3v) is 0.998. The fourth-order valence-electron chi connectivity index (χ4n) is 0.311. The minimum atomic E-state index is -0.560. The molecule has 0 aliphatic rings. The second-order valence-corrected chi connectivity index (χ2v) is 2.42. The molecule has 74 valence electrons. The average Bonchev–Trinajstić information content (AvgIpc) is 2.07. The highest BCUT2D eigenvalue weighted by Gasteiger charge is 1.83. The normalized spacial score (nSPS) is 11.0. The third kappa shape index (κ3) is 22.7. The van der Waals surface area contributed by atoms with Crippen molar-refractivity contribution in [2.24, 2.45) is 0 Å². The van der Waals surface area contributed by atoms with Crippen LogP contribution in [0.1, 0.15) is 26.7 Å². The number of aliphatic hydroxyl groups is 2. The standard InChI is InChI=1S/C6H12O.C3H8O2/c1-3-5-6-7-4-2;1-3(5)2-4/h4H,2-3,5-6H2,1H3;3-5H,2H2,1H3. The van der Waals surface area contributed by atoms with Crippen molar-refractivity contribution < 1.29 is 14.9 Å². The van der Waals surface area contributed by atoms with E-state index >= 15 is 0 Å². The van der Waals surface area contributed by atoms with Gasteiger partial charge in [0.05, 0.1) is 25.6 Å². The quantitative estimate of drug-likeness (QED) is 0.490. The monoisotopic (exact) mass is 176 g/mol. The number of unbranched alkanes of at least 4 members (excludes halogenated alkanes) is 1. The van der Waals surface area contributed by atoms with Crippen LogP contribution in [0.3, 0.4) is 0 Å². The van der Waals surface area contributed by atoms with E-state index < -0.39 is 6.10 Å². The van der Waals surface area contributed by atoms with Gasteiger partial charge in [-0.15, -0.1) is 0 Å². The largest absolute Gasteiger partial charge is 0.502 e. The second kappa shape index (κ2) is 13.1. The van der Waals surface area contributed by atoms with Gasteiger partial charge in [0.1, 0.15) is 0 Å². The van der Waals surface area contributed by atoms with Crippen LogP contribution in [0.25, 0.3) is 0 Å². The number of hydrogen-bond acceptors (Lipinski definition) is 3. The number of aliphatic hydroxyl groups excluding tert-OH is 2. The predicted molar refractivity (Wildman–Crippen MR) is 49.8 cm³/mol. The zero-order valence-corrected chi connectivity index (χ0v) is 7.99. The molecule has 12 heavy (non-hydrogen) atoms. The van der Waals surface area contributed by atoms with Crippen molar-refractivity contribution >= 4 is 0 Å². The summed E-state index contributed by atoms with van der Waals surface area (Å²) >= 11 is 0. The maximum atomic E-state index is 8.11. The zero-order chi connectivity index (χ0) is 9.82. The molecule has 0 saturated carbocycles. The summed E-state index contributed by atoms with van der Waals surface area (Å²) in [6, 6.07) is 0. The Bertz CT molecular complexity index is 81.8. The van der Waals surface area contributed by atoms with Crippen LogP contribution in [0, 0.1) is 0 Å². The summed E-state index contributed by atoms with van der Waals surface area (Å²) in [5.74, 6) is 0. The highest BCUT2D eigenvalue weighted by Crippen LogP contribution is 1.85. The molecule has 3 nitrogen and oxygen atoms in total. The molecule has 1 unspecified atom stereocenters. The Labute approximate surface area is 74.7 Å². The molecule has 0 aliphatic heterocycles. The van der Waals surface area contributed by atoms with Gasteiger partial charge in [0.2, 0.25) is 0 Å². The van der Waals surface area contributed by atoms with Gasteiger partial charge in [0.15, 0.2) is 0 Å². The van der Waals surface area contributed by atoms with E-state index in [2.05, 4.69) is 13.5 Å². The molecule has 0 aromatic rings. The average molecular weight is 176 g/mol. The molecule has 0 heterocycles. The van der Waals surface area contributed by atoms with Gasteiger partial charge in [-0.3, -0.25) is 0 Å². The molecular formula is C9H20O3. The lowest BCUT2D eigenvalue weighted by atomic mass is 10.4. The van der Waals surface area contributed by atoms with Gasteiger partial charge in [0.25, 0.3) is 0 Å². The molecule has 0 bridgehead atoms. The SMILES string of the molecule is C=COCCCC.CC(O)CO. The van der Waals surface area contributed by atoms with Crippen molar-refractivity contribution in [2.75, 3.05) is 13.2 Å². The van der Waals surface area contributed by atoms with Crippen LogP contribution in [0.15, 0.2) is 12.8 Å². The van der Waals surface area contributed by atoms with Crippen molar-refractivity contribution in [3.63, 3.8) is 0 Å². The maximum Gasteiger partial charge on any atom is 0.0872 e. The van der Waals surface area contributed by atoms with E-state index in [0.29, 0.717) is 0 Å². The first-order chi connectivity index (χ1) is 5.68. The topological polar surface area (TPSA) is 49.7 Å². The molecule has 0 radical (unpaired) electrons. The molecular weight excluding hydrogens is 156 g/mol. The Hall–Kier alpha value is -0.540. The summed E-state index contributed by atoms with van der Waals surface area (Å²) in [5, 5.41) is 16.0. The smallest absolute Gasteiger partial charge is 0.0872 e. The van der Waals surface area contributed by atoms with E-state index in [9.17, 15) is 0 Å². The predicted octanol–water partition coefficient (Wildman–Crippen LogP) is 1.31. The number of ether oxygens (including phenoxy) is 1. The van der Waals surface area contributed by atoms with Gasteiger partial charge in [-0.05, 0) is 13.3 Å². The Morgan fingerprint density at radius 3 is 2.33 bits per heavy atom. The molecule has 1 atom stereocenters. The van der Waals surface area contributed by atoms with Gasteiger partial charge >= 0.3 is 0 Å². The minimum Gasteiger partial charge on any atom is -0.502 e. The molecule has 0 fully saturated rings. The summed E-state index contributed by atoms with van der Waals surface area (Å²) in [4.78, 5) is 0. The lowest BCUT2D eigenvalue weighted by Crippen LogP contribution is -2.03. The summed E-state index contributed by atoms with van der Waals surface area (Å²) in [5.41, 5.74) is 0. The van der Waals surface area contributed by atoms with Crippen molar-refractivity contribution in [3.8, 4) is 0 Å². The lowest BCUT2D eigenvalue weighted by Gasteiger charge is -1.93. The molecule has 2 N–H and O–H groups in total. The molecule has 0 aliphatic carbocycles. The molecule has 0 aromatic carbocycles. The second-order valence-electron chi connectivity index (χ2n) is 2.42. The van der Waals surface area contributed by atoms with E-state index in [1.54, 1.807) is 0 Å². The molecule has 0 amide bonds. The van der Waals surface area contributed by atoms with Crippen molar-refractivity contribution in [2.45, 2.75) is 32.8 Å². The number of rotatable bonds is 5. The molecule has 3 heteroatoms. The van der Waals surface area contributed by atoms with Crippen LogP contribution < -0.4 is 0 Å². The van der Waals surface area contributed by atoms with Crippen LogP contribution in [-0.2, 0) is 4.74 Å². The van der Waals surface area contributed by atoms with Crippen LogP contribution >= 0.6 is 0 Å². The first kappa shape index (κ1) is 14.0. The van der Waals surface area contributed by atoms with E-state index in [4.69, 9.17) is 14.9 Å². The Morgan fingerprint density at radius 1 is 1.58 bits per heavy atom. The van der Waals surface area contributed by atoms with Gasteiger partial charge in [-0.25, -0.2) is 0 Å². The Kier molecular flexibility index (Phi) is 15.3. The first-order valence-electron chi connectivity index (χ1n) is 4.20. The summed E-state index contributed by atoms with van der Waals surface area (Å²) in [7, 11) is 0. The van der Waals surface area contributed by atoms with E-state index in [1.807, 2.05) is 0 Å². The fourth-order valence-corrected chi connectivity index (χ4v) is 0.311. The van der Waals surface area contributed by atoms with Crippen LogP contribution in [-0.4, -0.2) is 29.5 Å². The van der Waals surface area contributed by atoms with E-state index in [-0.39, 0.29) is 6.61 Å².